The molecule has 3 aromatic carbocycles. The molecule has 1 saturated heterocycles. The second kappa shape index (κ2) is 11.8. The van der Waals surface area contributed by atoms with Gasteiger partial charge in [-0.05, 0) is 91.4 Å². The van der Waals surface area contributed by atoms with Crippen LogP contribution in [0.1, 0.15) is 36.0 Å². The monoisotopic (exact) mass is 497 g/mol. The van der Waals surface area contributed by atoms with Crippen LogP contribution in [-0.2, 0) is 12.2 Å². The minimum atomic E-state index is -1.48. The van der Waals surface area contributed by atoms with Gasteiger partial charge in [-0.2, -0.15) is 0 Å². The van der Waals surface area contributed by atoms with E-state index in [1.54, 1.807) is 49.6 Å². The minimum Gasteiger partial charge on any atom is -0.493 e. The van der Waals surface area contributed by atoms with Gasteiger partial charge < -0.3 is 24.6 Å². The van der Waals surface area contributed by atoms with Gasteiger partial charge in [-0.3, -0.25) is 0 Å². The summed E-state index contributed by atoms with van der Waals surface area (Å²) >= 11 is 0. The predicted octanol–water partition coefficient (Wildman–Crippen LogP) is 4.88. The van der Waals surface area contributed by atoms with Crippen molar-refractivity contribution >= 4 is 0 Å². The van der Waals surface area contributed by atoms with Gasteiger partial charge in [0.15, 0.2) is 11.5 Å². The highest BCUT2D eigenvalue weighted by Gasteiger charge is 2.42. The van der Waals surface area contributed by atoms with Gasteiger partial charge in [0.2, 0.25) is 0 Å². The third-order valence-corrected chi connectivity index (χ3v) is 6.99. The van der Waals surface area contributed by atoms with Crippen LogP contribution in [0.25, 0.3) is 0 Å². The van der Waals surface area contributed by atoms with Gasteiger partial charge in [-0.15, -0.1) is 0 Å². The van der Waals surface area contributed by atoms with Crippen LogP contribution in [-0.4, -0.2) is 48.5 Å². The van der Waals surface area contributed by atoms with Crippen molar-refractivity contribution in [3.63, 3.8) is 0 Å². The fraction of sp³-hybridized carbons (Fsp3) is 0.379. The Bertz CT molecular complexity index is 1100. The number of aliphatic hydroxyl groups excluding tert-OH is 1. The van der Waals surface area contributed by atoms with Gasteiger partial charge in [0.25, 0.3) is 0 Å². The Balaban J connectivity index is 1.36. The number of halogens is 2. The Hall–Kier alpha value is -3.00. The number of aliphatic hydroxyl groups is 2. The van der Waals surface area contributed by atoms with Gasteiger partial charge in [-0.25, -0.2) is 8.78 Å². The summed E-state index contributed by atoms with van der Waals surface area (Å²) in [4.78, 5) is 2.32. The number of ether oxygens (including phenoxy) is 2. The van der Waals surface area contributed by atoms with Crippen LogP contribution in [0.15, 0.2) is 66.7 Å². The van der Waals surface area contributed by atoms with Crippen molar-refractivity contribution < 1.29 is 28.5 Å². The zero-order valence-electron chi connectivity index (χ0n) is 20.5. The Morgan fingerprint density at radius 2 is 1.56 bits per heavy atom. The highest BCUT2D eigenvalue weighted by atomic mass is 19.1. The highest BCUT2D eigenvalue weighted by molar-refractivity contribution is 5.42. The topological polar surface area (TPSA) is 62.2 Å². The van der Waals surface area contributed by atoms with Crippen molar-refractivity contribution in [2.24, 2.45) is 5.92 Å². The summed E-state index contributed by atoms with van der Waals surface area (Å²) in [7, 11) is 1.57. The SMILES string of the molecule is COc1cc(CO)ccc1OCCCN1CCC(C(O)(c2cccc(F)c2)c2cccc(F)c2)CC1. The normalized spacial score (nSPS) is 15.1. The first-order valence-electron chi connectivity index (χ1n) is 12.3. The van der Waals surface area contributed by atoms with Gasteiger partial charge >= 0.3 is 0 Å². The molecule has 0 spiro atoms. The molecule has 0 bridgehead atoms. The zero-order valence-corrected chi connectivity index (χ0v) is 20.5. The molecule has 7 heteroatoms. The molecule has 1 aliphatic rings. The lowest BCUT2D eigenvalue weighted by Crippen LogP contribution is -2.44. The molecular formula is C29H33F2NO4. The maximum atomic E-state index is 14.1. The van der Waals surface area contributed by atoms with Crippen molar-refractivity contribution in [2.45, 2.75) is 31.5 Å². The summed E-state index contributed by atoms with van der Waals surface area (Å²) < 4.78 is 39.4. The average molecular weight is 498 g/mol. The highest BCUT2D eigenvalue weighted by Crippen LogP contribution is 2.42. The molecule has 3 aromatic rings. The summed E-state index contributed by atoms with van der Waals surface area (Å²) in [6, 6.07) is 17.3. The molecule has 192 valence electrons. The first-order chi connectivity index (χ1) is 17.4. The molecule has 1 heterocycles. The number of piperidine rings is 1. The first kappa shape index (κ1) is 26.1. The van der Waals surface area contributed by atoms with Crippen LogP contribution in [0.4, 0.5) is 8.78 Å². The lowest BCUT2D eigenvalue weighted by atomic mass is 9.72. The summed E-state index contributed by atoms with van der Waals surface area (Å²) in [6.45, 7) is 2.84. The fourth-order valence-corrected chi connectivity index (χ4v) is 5.06. The zero-order chi connectivity index (χ0) is 25.5. The van der Waals surface area contributed by atoms with Gasteiger partial charge in [0, 0.05) is 6.54 Å². The van der Waals surface area contributed by atoms with Gasteiger partial charge in [-0.1, -0.05) is 30.3 Å². The van der Waals surface area contributed by atoms with Crippen molar-refractivity contribution in [2.75, 3.05) is 33.4 Å². The van der Waals surface area contributed by atoms with E-state index in [-0.39, 0.29) is 12.5 Å². The third kappa shape index (κ3) is 5.86. The maximum Gasteiger partial charge on any atom is 0.161 e. The number of hydrogen-bond donors (Lipinski definition) is 2. The molecule has 4 rings (SSSR count). The smallest absolute Gasteiger partial charge is 0.161 e. The summed E-state index contributed by atoms with van der Waals surface area (Å²) in [6.07, 6.45) is 2.20. The standard InChI is InChI=1S/C29H33F2NO4/c1-35-28-17-21(20-33)9-10-27(28)36-16-4-13-32-14-11-22(12-15-32)29(34,23-5-2-7-25(30)18-23)24-6-3-8-26(31)19-24/h2-3,5-10,17-19,22,33-34H,4,11-16,20H2,1H3. The van der Waals surface area contributed by atoms with Crippen LogP contribution in [0.2, 0.25) is 0 Å². The van der Waals surface area contributed by atoms with Gasteiger partial charge in [0.1, 0.15) is 17.2 Å². The summed E-state index contributed by atoms with van der Waals surface area (Å²) in [5.74, 6) is 0.202. The molecule has 1 fully saturated rings. The van der Waals surface area contributed by atoms with Crippen LogP contribution >= 0.6 is 0 Å². The van der Waals surface area contributed by atoms with Crippen molar-refractivity contribution in [1.82, 2.24) is 4.90 Å². The largest absolute Gasteiger partial charge is 0.493 e. The maximum absolute atomic E-state index is 14.1. The van der Waals surface area contributed by atoms with E-state index in [4.69, 9.17) is 9.47 Å². The Kier molecular flexibility index (Phi) is 8.56. The molecule has 5 nitrogen and oxygen atoms in total. The molecular weight excluding hydrogens is 464 g/mol. The van der Waals surface area contributed by atoms with Crippen LogP contribution in [0.5, 0.6) is 11.5 Å². The Labute approximate surface area is 210 Å². The Morgan fingerprint density at radius 1 is 0.917 bits per heavy atom. The van der Waals surface area contributed by atoms with Crippen LogP contribution < -0.4 is 9.47 Å². The Morgan fingerprint density at radius 3 is 2.11 bits per heavy atom. The third-order valence-electron chi connectivity index (χ3n) is 6.99. The van der Waals surface area contributed by atoms with E-state index >= 15 is 0 Å². The van der Waals surface area contributed by atoms with E-state index in [9.17, 15) is 19.0 Å². The van der Waals surface area contributed by atoms with E-state index in [1.165, 1.54) is 24.3 Å². The molecule has 0 atom stereocenters. The first-order valence-corrected chi connectivity index (χ1v) is 12.3. The molecule has 2 N–H and O–H groups in total. The molecule has 0 aliphatic carbocycles. The summed E-state index contributed by atoms with van der Waals surface area (Å²) in [5, 5.41) is 21.2. The number of likely N-dealkylation sites (tertiary alicyclic amines) is 1. The number of hydrogen-bond acceptors (Lipinski definition) is 5. The van der Waals surface area contributed by atoms with Crippen LogP contribution in [0.3, 0.4) is 0 Å². The van der Waals surface area contributed by atoms with Crippen molar-refractivity contribution in [3.05, 3.63) is 95.1 Å². The number of methoxy groups -OCH3 is 1. The van der Waals surface area contributed by atoms with Gasteiger partial charge in [0.05, 0.1) is 20.3 Å². The van der Waals surface area contributed by atoms with Crippen molar-refractivity contribution in [1.29, 1.82) is 0 Å². The molecule has 0 aromatic heterocycles. The molecule has 0 radical (unpaired) electrons. The van der Waals surface area contributed by atoms with Crippen LogP contribution in [0, 0.1) is 17.6 Å². The number of nitrogens with zero attached hydrogens (tertiary/aromatic N) is 1. The average Bonchev–Trinajstić information content (AvgIpc) is 2.91. The number of rotatable bonds is 10. The second-order valence-electron chi connectivity index (χ2n) is 9.25. The fourth-order valence-electron chi connectivity index (χ4n) is 5.06. The lowest BCUT2D eigenvalue weighted by molar-refractivity contribution is -0.0150. The number of benzene rings is 3. The summed E-state index contributed by atoms with van der Waals surface area (Å²) in [5.41, 5.74) is 0.178. The molecule has 0 unspecified atom stereocenters. The molecule has 36 heavy (non-hydrogen) atoms. The quantitative estimate of drug-likeness (QED) is 0.391. The van der Waals surface area contributed by atoms with E-state index in [2.05, 4.69) is 4.90 Å². The molecule has 1 aliphatic heterocycles. The molecule has 0 saturated carbocycles. The predicted molar refractivity (Wildman–Crippen MR) is 134 cm³/mol. The van der Waals surface area contributed by atoms with E-state index in [1.807, 2.05) is 0 Å². The van der Waals surface area contributed by atoms with E-state index < -0.39 is 17.2 Å². The van der Waals surface area contributed by atoms with E-state index in [0.29, 0.717) is 42.1 Å². The van der Waals surface area contributed by atoms with Crippen molar-refractivity contribution in [3.8, 4) is 11.5 Å². The lowest BCUT2D eigenvalue weighted by Gasteiger charge is -2.42. The van der Waals surface area contributed by atoms with E-state index in [0.717, 1.165) is 31.6 Å². The second-order valence-corrected chi connectivity index (χ2v) is 9.25. The molecule has 0 amide bonds. The minimum absolute atomic E-state index is 0.0554.